The number of aromatic nitrogens is 2. The fourth-order valence-electron chi connectivity index (χ4n) is 2.02. The Bertz CT molecular complexity index is 639. The molecule has 1 aromatic carbocycles. The first-order valence-electron chi connectivity index (χ1n) is 5.98. The third-order valence-corrected chi connectivity index (χ3v) is 3.53. The van der Waals surface area contributed by atoms with Crippen LogP contribution in [0.4, 0.5) is 5.82 Å². The van der Waals surface area contributed by atoms with E-state index in [0.717, 1.165) is 21.5 Å². The maximum Gasteiger partial charge on any atom is 0.142 e. The lowest BCUT2D eigenvalue weighted by atomic mass is 10.1. The van der Waals surface area contributed by atoms with Crippen molar-refractivity contribution >= 4 is 21.7 Å². The van der Waals surface area contributed by atoms with E-state index in [0.29, 0.717) is 5.56 Å². The molecule has 19 heavy (non-hydrogen) atoms. The summed E-state index contributed by atoms with van der Waals surface area (Å²) in [5, 5.41) is 16.8. The van der Waals surface area contributed by atoms with Crippen molar-refractivity contribution in [2.24, 2.45) is 7.05 Å². The molecule has 2 rings (SSSR count). The SMILES string of the molecule is Cc1nn(C)c(NC(C)c2cccc(Br)c2)c1C#N. The smallest absolute Gasteiger partial charge is 0.142 e. The number of aryl methyl sites for hydroxylation is 2. The number of anilines is 1. The van der Waals surface area contributed by atoms with Crippen LogP contribution in [0.15, 0.2) is 28.7 Å². The van der Waals surface area contributed by atoms with Gasteiger partial charge < -0.3 is 5.32 Å². The molecule has 1 aromatic heterocycles. The predicted octanol–water partition coefficient (Wildman–Crippen LogP) is 3.54. The zero-order chi connectivity index (χ0) is 14.0. The van der Waals surface area contributed by atoms with Crippen molar-refractivity contribution in [1.82, 2.24) is 9.78 Å². The van der Waals surface area contributed by atoms with E-state index in [-0.39, 0.29) is 6.04 Å². The van der Waals surface area contributed by atoms with Crippen LogP contribution in [0.1, 0.15) is 29.8 Å². The molecule has 1 N–H and O–H groups in total. The summed E-state index contributed by atoms with van der Waals surface area (Å²) in [7, 11) is 1.84. The van der Waals surface area contributed by atoms with Gasteiger partial charge in [-0.1, -0.05) is 28.1 Å². The number of hydrogen-bond donors (Lipinski definition) is 1. The van der Waals surface area contributed by atoms with Crippen LogP contribution in [-0.2, 0) is 7.05 Å². The summed E-state index contributed by atoms with van der Waals surface area (Å²) in [5.74, 6) is 0.757. The number of nitrogens with one attached hydrogen (secondary N) is 1. The maximum atomic E-state index is 9.19. The zero-order valence-corrected chi connectivity index (χ0v) is 12.7. The Morgan fingerprint density at radius 3 is 2.84 bits per heavy atom. The number of nitrogens with zero attached hydrogens (tertiary/aromatic N) is 3. The molecular formula is C14H15BrN4. The topological polar surface area (TPSA) is 53.6 Å². The van der Waals surface area contributed by atoms with Crippen LogP contribution in [0.25, 0.3) is 0 Å². The summed E-state index contributed by atoms with van der Waals surface area (Å²) in [4.78, 5) is 0. The summed E-state index contributed by atoms with van der Waals surface area (Å²) >= 11 is 3.46. The molecule has 2 aromatic rings. The second kappa shape index (κ2) is 5.45. The molecule has 1 atom stereocenters. The van der Waals surface area contributed by atoms with E-state index in [9.17, 15) is 5.26 Å². The molecule has 0 aliphatic heterocycles. The Hall–Kier alpha value is -1.80. The van der Waals surface area contributed by atoms with Gasteiger partial charge in [-0.2, -0.15) is 10.4 Å². The van der Waals surface area contributed by atoms with Gasteiger partial charge in [-0.15, -0.1) is 0 Å². The van der Waals surface area contributed by atoms with Crippen LogP contribution in [-0.4, -0.2) is 9.78 Å². The summed E-state index contributed by atoms with van der Waals surface area (Å²) in [6, 6.07) is 10.4. The van der Waals surface area contributed by atoms with Crippen molar-refractivity contribution < 1.29 is 0 Å². The average molecular weight is 319 g/mol. The lowest BCUT2D eigenvalue weighted by Gasteiger charge is -2.16. The van der Waals surface area contributed by atoms with Crippen molar-refractivity contribution in [1.29, 1.82) is 5.26 Å². The number of rotatable bonds is 3. The van der Waals surface area contributed by atoms with Crippen molar-refractivity contribution in [3.8, 4) is 6.07 Å². The summed E-state index contributed by atoms with van der Waals surface area (Å²) in [5.41, 5.74) is 2.50. The van der Waals surface area contributed by atoms with Crippen molar-refractivity contribution in [3.05, 3.63) is 45.6 Å². The number of halogens is 1. The largest absolute Gasteiger partial charge is 0.363 e. The molecule has 0 bridgehead atoms. The molecule has 0 fully saturated rings. The third-order valence-electron chi connectivity index (χ3n) is 3.04. The van der Waals surface area contributed by atoms with E-state index in [1.807, 2.05) is 26.1 Å². The second-order valence-electron chi connectivity index (χ2n) is 4.47. The number of benzene rings is 1. The molecule has 0 amide bonds. The van der Waals surface area contributed by atoms with Gasteiger partial charge in [0.2, 0.25) is 0 Å². The average Bonchev–Trinajstić information content (AvgIpc) is 2.63. The first-order valence-corrected chi connectivity index (χ1v) is 6.78. The molecule has 0 aliphatic carbocycles. The van der Waals surface area contributed by atoms with Crippen LogP contribution in [0, 0.1) is 18.3 Å². The van der Waals surface area contributed by atoms with Gasteiger partial charge in [0.15, 0.2) is 0 Å². The monoisotopic (exact) mass is 318 g/mol. The quantitative estimate of drug-likeness (QED) is 0.941. The van der Waals surface area contributed by atoms with Crippen LogP contribution in [0.5, 0.6) is 0 Å². The van der Waals surface area contributed by atoms with Gasteiger partial charge in [0.1, 0.15) is 17.5 Å². The second-order valence-corrected chi connectivity index (χ2v) is 5.38. The highest BCUT2D eigenvalue weighted by molar-refractivity contribution is 9.10. The van der Waals surface area contributed by atoms with Crippen molar-refractivity contribution in [2.75, 3.05) is 5.32 Å². The minimum Gasteiger partial charge on any atom is -0.363 e. The van der Waals surface area contributed by atoms with Gasteiger partial charge in [0.05, 0.1) is 11.7 Å². The predicted molar refractivity (Wildman–Crippen MR) is 78.8 cm³/mol. The Balaban J connectivity index is 2.29. The van der Waals surface area contributed by atoms with E-state index in [1.54, 1.807) is 4.68 Å². The highest BCUT2D eigenvalue weighted by Crippen LogP contribution is 2.25. The van der Waals surface area contributed by atoms with Gasteiger partial charge in [0.25, 0.3) is 0 Å². The van der Waals surface area contributed by atoms with E-state index >= 15 is 0 Å². The van der Waals surface area contributed by atoms with Gasteiger partial charge >= 0.3 is 0 Å². The van der Waals surface area contributed by atoms with Crippen LogP contribution in [0.3, 0.4) is 0 Å². The number of nitriles is 1. The molecule has 1 unspecified atom stereocenters. The first-order chi connectivity index (χ1) is 9.02. The normalized spacial score (nSPS) is 11.9. The molecule has 0 saturated heterocycles. The van der Waals surface area contributed by atoms with Crippen molar-refractivity contribution in [3.63, 3.8) is 0 Å². The minimum absolute atomic E-state index is 0.0967. The molecule has 0 radical (unpaired) electrons. The lowest BCUT2D eigenvalue weighted by Crippen LogP contribution is -2.11. The first kappa shape index (κ1) is 13.6. The fourth-order valence-corrected chi connectivity index (χ4v) is 2.44. The standard InChI is InChI=1S/C14H15BrN4/c1-9(11-5-4-6-12(15)7-11)17-14-13(8-16)10(2)18-19(14)3/h4-7,9,17H,1-3H3. The Morgan fingerprint density at radius 2 is 2.21 bits per heavy atom. The minimum atomic E-state index is 0.0967. The highest BCUT2D eigenvalue weighted by Gasteiger charge is 2.15. The Kier molecular flexibility index (Phi) is 3.91. The summed E-state index contributed by atoms with van der Waals surface area (Å²) < 4.78 is 2.75. The molecule has 5 heteroatoms. The lowest BCUT2D eigenvalue weighted by molar-refractivity contribution is 0.742. The van der Waals surface area contributed by atoms with E-state index in [1.165, 1.54) is 0 Å². The molecule has 1 heterocycles. The van der Waals surface area contributed by atoms with Gasteiger partial charge in [-0.05, 0) is 31.5 Å². The zero-order valence-electron chi connectivity index (χ0n) is 11.1. The fraction of sp³-hybridized carbons (Fsp3) is 0.286. The molecule has 4 nitrogen and oxygen atoms in total. The number of hydrogen-bond acceptors (Lipinski definition) is 3. The van der Waals surface area contributed by atoms with E-state index < -0.39 is 0 Å². The molecular weight excluding hydrogens is 304 g/mol. The van der Waals surface area contributed by atoms with Crippen molar-refractivity contribution in [2.45, 2.75) is 19.9 Å². The molecule has 98 valence electrons. The van der Waals surface area contributed by atoms with Crippen LogP contribution >= 0.6 is 15.9 Å². The Morgan fingerprint density at radius 1 is 1.47 bits per heavy atom. The third kappa shape index (κ3) is 2.79. The highest BCUT2D eigenvalue weighted by atomic mass is 79.9. The van der Waals surface area contributed by atoms with E-state index in [2.05, 4.69) is 51.5 Å². The summed E-state index contributed by atoms with van der Waals surface area (Å²) in [6.07, 6.45) is 0. The van der Waals surface area contributed by atoms with Gasteiger partial charge in [-0.3, -0.25) is 4.68 Å². The van der Waals surface area contributed by atoms with Crippen LogP contribution in [0.2, 0.25) is 0 Å². The van der Waals surface area contributed by atoms with Gasteiger partial charge in [-0.25, -0.2) is 0 Å². The Labute approximate surface area is 121 Å². The summed E-state index contributed by atoms with van der Waals surface area (Å²) in [6.45, 7) is 3.90. The molecule has 0 spiro atoms. The maximum absolute atomic E-state index is 9.19. The van der Waals surface area contributed by atoms with Gasteiger partial charge in [0, 0.05) is 11.5 Å². The molecule has 0 saturated carbocycles. The molecule has 0 aliphatic rings. The van der Waals surface area contributed by atoms with Crippen LogP contribution < -0.4 is 5.32 Å². The van der Waals surface area contributed by atoms with E-state index in [4.69, 9.17) is 0 Å².